The number of fused-ring (bicyclic) bond motifs is 1. The van der Waals surface area contributed by atoms with E-state index in [1.807, 2.05) is 42.1 Å². The highest BCUT2D eigenvalue weighted by Gasteiger charge is 2.08. The third-order valence-corrected chi connectivity index (χ3v) is 2.32. The van der Waals surface area contributed by atoms with Gasteiger partial charge >= 0.3 is 5.97 Å². The molecule has 3 nitrogen and oxygen atoms in total. The standard InChI is InChI=1S/C11H11NO2/c1-12-7-8(6-11(13)14)9-4-2-3-5-10(9)12/h2-5,7H,6H2,1H3,(H,13,14). The molecule has 0 amide bonds. The molecule has 1 aromatic heterocycles. The van der Waals surface area contributed by atoms with Crippen molar-refractivity contribution in [2.75, 3.05) is 0 Å². The second-order valence-electron chi connectivity index (χ2n) is 3.35. The molecule has 72 valence electrons. The first kappa shape index (κ1) is 8.81. The van der Waals surface area contributed by atoms with Crippen LogP contribution >= 0.6 is 0 Å². The minimum atomic E-state index is -0.790. The average Bonchev–Trinajstić information content (AvgIpc) is 2.44. The molecule has 2 rings (SSSR count). The Bertz CT molecular complexity index is 485. The number of hydrogen-bond acceptors (Lipinski definition) is 1. The van der Waals surface area contributed by atoms with E-state index in [2.05, 4.69) is 0 Å². The number of carboxylic acid groups (broad SMARTS) is 1. The van der Waals surface area contributed by atoms with E-state index >= 15 is 0 Å². The smallest absolute Gasteiger partial charge is 0.307 e. The predicted molar refractivity (Wildman–Crippen MR) is 54.3 cm³/mol. The summed E-state index contributed by atoms with van der Waals surface area (Å²) in [6.45, 7) is 0. The minimum Gasteiger partial charge on any atom is -0.481 e. The second-order valence-corrected chi connectivity index (χ2v) is 3.35. The van der Waals surface area contributed by atoms with E-state index in [0.29, 0.717) is 0 Å². The van der Waals surface area contributed by atoms with Gasteiger partial charge < -0.3 is 9.67 Å². The Balaban J connectivity index is 2.60. The van der Waals surface area contributed by atoms with Gasteiger partial charge in [-0.25, -0.2) is 0 Å². The molecule has 14 heavy (non-hydrogen) atoms. The lowest BCUT2D eigenvalue weighted by atomic mass is 10.1. The summed E-state index contributed by atoms with van der Waals surface area (Å²) in [7, 11) is 1.92. The van der Waals surface area contributed by atoms with E-state index in [1.165, 1.54) is 0 Å². The molecule has 3 heteroatoms. The van der Waals surface area contributed by atoms with Crippen LogP contribution in [0, 0.1) is 0 Å². The van der Waals surface area contributed by atoms with Crippen LogP contribution in [0.2, 0.25) is 0 Å². The molecule has 0 aliphatic carbocycles. The Morgan fingerprint density at radius 1 is 1.43 bits per heavy atom. The summed E-state index contributed by atoms with van der Waals surface area (Å²) in [6.07, 6.45) is 1.96. The van der Waals surface area contributed by atoms with Crippen LogP contribution in [0.15, 0.2) is 30.5 Å². The Labute approximate surface area is 81.6 Å². The van der Waals surface area contributed by atoms with Crippen molar-refractivity contribution in [3.8, 4) is 0 Å². The number of para-hydroxylation sites is 1. The Morgan fingerprint density at radius 3 is 2.86 bits per heavy atom. The molecule has 0 unspecified atom stereocenters. The molecule has 0 aliphatic heterocycles. The van der Waals surface area contributed by atoms with E-state index in [9.17, 15) is 4.79 Å². The van der Waals surface area contributed by atoms with Gasteiger partial charge in [-0.05, 0) is 11.6 Å². The van der Waals surface area contributed by atoms with E-state index < -0.39 is 5.97 Å². The van der Waals surface area contributed by atoms with Gasteiger partial charge in [-0.1, -0.05) is 18.2 Å². The number of carboxylic acids is 1. The quantitative estimate of drug-likeness (QED) is 0.782. The highest BCUT2D eigenvalue weighted by molar-refractivity contribution is 5.87. The van der Waals surface area contributed by atoms with Crippen molar-refractivity contribution in [3.63, 3.8) is 0 Å². The number of hydrogen-bond donors (Lipinski definition) is 1. The largest absolute Gasteiger partial charge is 0.481 e. The number of aromatic nitrogens is 1. The van der Waals surface area contributed by atoms with Gasteiger partial charge in [0.1, 0.15) is 0 Å². The normalized spacial score (nSPS) is 10.6. The highest BCUT2D eigenvalue weighted by atomic mass is 16.4. The Morgan fingerprint density at radius 2 is 2.14 bits per heavy atom. The van der Waals surface area contributed by atoms with Crippen LogP contribution in [0.1, 0.15) is 5.56 Å². The van der Waals surface area contributed by atoms with Crippen molar-refractivity contribution < 1.29 is 9.90 Å². The molecule has 0 aliphatic rings. The molecule has 0 atom stereocenters. The summed E-state index contributed by atoms with van der Waals surface area (Å²) < 4.78 is 1.95. The summed E-state index contributed by atoms with van der Waals surface area (Å²) in [5, 5.41) is 9.75. The lowest BCUT2D eigenvalue weighted by Crippen LogP contribution is -1.98. The van der Waals surface area contributed by atoms with Gasteiger partial charge in [0.15, 0.2) is 0 Å². The maximum Gasteiger partial charge on any atom is 0.307 e. The van der Waals surface area contributed by atoms with Crippen molar-refractivity contribution in [2.45, 2.75) is 6.42 Å². The maximum atomic E-state index is 10.6. The fourth-order valence-electron chi connectivity index (χ4n) is 1.73. The summed E-state index contributed by atoms with van der Waals surface area (Å²) in [4.78, 5) is 10.6. The molecule has 1 N–H and O–H groups in total. The van der Waals surface area contributed by atoms with Gasteiger partial charge in [-0.3, -0.25) is 4.79 Å². The summed E-state index contributed by atoms with van der Waals surface area (Å²) >= 11 is 0. The van der Waals surface area contributed by atoms with Gasteiger partial charge in [0.05, 0.1) is 6.42 Å². The minimum absolute atomic E-state index is 0.0847. The Hall–Kier alpha value is -1.77. The van der Waals surface area contributed by atoms with Gasteiger partial charge in [-0.2, -0.15) is 0 Å². The van der Waals surface area contributed by atoms with Gasteiger partial charge in [-0.15, -0.1) is 0 Å². The SMILES string of the molecule is Cn1cc(CC(=O)O)c2ccccc21. The first-order chi connectivity index (χ1) is 6.68. The maximum absolute atomic E-state index is 10.6. The van der Waals surface area contributed by atoms with Crippen molar-refractivity contribution in [1.29, 1.82) is 0 Å². The van der Waals surface area contributed by atoms with Crippen LogP contribution in [0.5, 0.6) is 0 Å². The zero-order valence-corrected chi connectivity index (χ0v) is 7.90. The zero-order valence-electron chi connectivity index (χ0n) is 7.90. The number of aryl methyl sites for hydroxylation is 1. The average molecular weight is 189 g/mol. The first-order valence-corrected chi connectivity index (χ1v) is 4.43. The molecular weight excluding hydrogens is 178 g/mol. The third-order valence-electron chi connectivity index (χ3n) is 2.32. The molecule has 0 saturated carbocycles. The molecule has 0 fully saturated rings. The zero-order chi connectivity index (χ0) is 10.1. The third kappa shape index (κ3) is 1.37. The first-order valence-electron chi connectivity index (χ1n) is 4.43. The lowest BCUT2D eigenvalue weighted by molar-refractivity contribution is -0.136. The van der Waals surface area contributed by atoms with Crippen molar-refractivity contribution in [2.24, 2.45) is 7.05 Å². The van der Waals surface area contributed by atoms with E-state index in [-0.39, 0.29) is 6.42 Å². The van der Waals surface area contributed by atoms with Gasteiger partial charge in [0.2, 0.25) is 0 Å². The Kier molecular flexibility index (Phi) is 2.00. The molecule has 1 heterocycles. The van der Waals surface area contributed by atoms with Crippen LogP contribution in [0.25, 0.3) is 10.9 Å². The van der Waals surface area contributed by atoms with Crippen LogP contribution in [0.4, 0.5) is 0 Å². The summed E-state index contributed by atoms with van der Waals surface area (Å²) in [5.74, 6) is -0.790. The topological polar surface area (TPSA) is 42.2 Å². The number of aliphatic carboxylic acids is 1. The predicted octanol–water partition coefficient (Wildman–Crippen LogP) is 1.81. The second kappa shape index (κ2) is 3.18. The van der Waals surface area contributed by atoms with Gasteiger partial charge in [0.25, 0.3) is 0 Å². The van der Waals surface area contributed by atoms with E-state index in [1.54, 1.807) is 0 Å². The van der Waals surface area contributed by atoms with E-state index in [0.717, 1.165) is 16.5 Å². The highest BCUT2D eigenvalue weighted by Crippen LogP contribution is 2.20. The fourth-order valence-corrected chi connectivity index (χ4v) is 1.73. The molecule has 0 saturated heterocycles. The van der Waals surface area contributed by atoms with Crippen molar-refractivity contribution in [3.05, 3.63) is 36.0 Å². The summed E-state index contributed by atoms with van der Waals surface area (Å²) in [5.41, 5.74) is 1.94. The molecule has 1 aromatic carbocycles. The monoisotopic (exact) mass is 189 g/mol. The van der Waals surface area contributed by atoms with Crippen LogP contribution in [0.3, 0.4) is 0 Å². The molecule has 0 bridgehead atoms. The number of benzene rings is 1. The molecule has 2 aromatic rings. The molecule has 0 radical (unpaired) electrons. The van der Waals surface area contributed by atoms with Crippen LogP contribution in [-0.2, 0) is 18.3 Å². The van der Waals surface area contributed by atoms with Crippen molar-refractivity contribution >= 4 is 16.9 Å². The van der Waals surface area contributed by atoms with Gasteiger partial charge in [0, 0.05) is 24.1 Å². The number of carbonyl (C=O) groups is 1. The molecule has 0 spiro atoms. The number of rotatable bonds is 2. The van der Waals surface area contributed by atoms with Crippen molar-refractivity contribution in [1.82, 2.24) is 4.57 Å². The number of nitrogens with zero attached hydrogens (tertiary/aromatic N) is 1. The fraction of sp³-hybridized carbons (Fsp3) is 0.182. The molecular formula is C11H11NO2. The lowest BCUT2D eigenvalue weighted by Gasteiger charge is -1.93. The van der Waals surface area contributed by atoms with E-state index in [4.69, 9.17) is 5.11 Å². The van der Waals surface area contributed by atoms with Crippen LogP contribution < -0.4 is 0 Å². The summed E-state index contributed by atoms with van der Waals surface area (Å²) in [6, 6.07) is 7.81. The van der Waals surface area contributed by atoms with Crippen LogP contribution in [-0.4, -0.2) is 15.6 Å².